The van der Waals surface area contributed by atoms with Crippen LogP contribution in [0.1, 0.15) is 22.7 Å². The Morgan fingerprint density at radius 3 is 2.62 bits per heavy atom. The van der Waals surface area contributed by atoms with E-state index < -0.39 is 0 Å². The molecule has 0 bridgehead atoms. The predicted molar refractivity (Wildman–Crippen MR) is 87.3 cm³/mol. The lowest BCUT2D eigenvalue weighted by Crippen LogP contribution is -2.20. The van der Waals surface area contributed by atoms with Crippen molar-refractivity contribution in [3.8, 4) is 5.75 Å². The topological polar surface area (TPSA) is 21.3 Å². The minimum atomic E-state index is -0.195. The van der Waals surface area contributed by atoms with E-state index in [1.54, 1.807) is 13.2 Å². The fraction of sp³-hybridized carbons (Fsp3) is 0.294. The summed E-state index contributed by atoms with van der Waals surface area (Å²) in [5.74, 6) is 0.629. The Morgan fingerprint density at radius 1 is 1.24 bits per heavy atom. The van der Waals surface area contributed by atoms with Crippen molar-refractivity contribution in [3.63, 3.8) is 0 Å². The van der Waals surface area contributed by atoms with Crippen molar-refractivity contribution in [2.75, 3.05) is 14.2 Å². The number of nitrogens with one attached hydrogen (secondary N) is 1. The molecule has 0 radical (unpaired) electrons. The Hall–Kier alpha value is -1.39. The Morgan fingerprint density at radius 2 is 2.00 bits per heavy atom. The smallest absolute Gasteiger partial charge is 0.123 e. The van der Waals surface area contributed by atoms with Gasteiger partial charge in [-0.3, -0.25) is 0 Å². The summed E-state index contributed by atoms with van der Waals surface area (Å²) >= 11 is 3.59. The summed E-state index contributed by atoms with van der Waals surface area (Å²) in [6, 6.07) is 11.0. The van der Waals surface area contributed by atoms with E-state index in [1.807, 2.05) is 38.2 Å². The molecule has 0 aliphatic heterocycles. The van der Waals surface area contributed by atoms with Crippen molar-refractivity contribution in [1.82, 2.24) is 5.32 Å². The summed E-state index contributed by atoms with van der Waals surface area (Å²) in [6.07, 6.45) is 0.786. The maximum Gasteiger partial charge on any atom is 0.123 e. The first kappa shape index (κ1) is 16.0. The van der Waals surface area contributed by atoms with Crippen LogP contribution in [0.3, 0.4) is 0 Å². The third-order valence-electron chi connectivity index (χ3n) is 3.66. The van der Waals surface area contributed by atoms with Gasteiger partial charge in [0.25, 0.3) is 0 Å². The van der Waals surface area contributed by atoms with E-state index in [1.165, 1.54) is 6.07 Å². The van der Waals surface area contributed by atoms with Gasteiger partial charge in [-0.05, 0) is 67.4 Å². The van der Waals surface area contributed by atoms with Gasteiger partial charge in [0.2, 0.25) is 0 Å². The molecule has 2 rings (SSSR count). The molecular formula is C17H19BrFNO. The fourth-order valence-corrected chi connectivity index (χ4v) is 2.91. The van der Waals surface area contributed by atoms with Gasteiger partial charge in [-0.1, -0.05) is 22.0 Å². The van der Waals surface area contributed by atoms with E-state index >= 15 is 0 Å². The lowest BCUT2D eigenvalue weighted by atomic mass is 9.96. The number of rotatable bonds is 5. The lowest BCUT2D eigenvalue weighted by Gasteiger charge is -2.20. The number of aryl methyl sites for hydroxylation is 1. The number of ether oxygens (including phenoxy) is 1. The maximum atomic E-state index is 13.2. The Kier molecular flexibility index (Phi) is 5.37. The Balaban J connectivity index is 2.31. The van der Waals surface area contributed by atoms with E-state index in [0.717, 1.165) is 33.3 Å². The summed E-state index contributed by atoms with van der Waals surface area (Å²) < 4.78 is 19.5. The number of likely N-dealkylation sites (N-methyl/N-ethyl adjacent to an activating group) is 1. The van der Waals surface area contributed by atoms with Gasteiger partial charge in [0.05, 0.1) is 7.11 Å². The molecule has 2 nitrogen and oxygen atoms in total. The van der Waals surface area contributed by atoms with Crippen LogP contribution in [0.25, 0.3) is 0 Å². The third-order valence-corrected chi connectivity index (χ3v) is 4.38. The number of hydrogen-bond donors (Lipinski definition) is 1. The van der Waals surface area contributed by atoms with Crippen LogP contribution in [0.2, 0.25) is 0 Å². The molecule has 1 unspecified atom stereocenters. The normalized spacial score (nSPS) is 12.2. The van der Waals surface area contributed by atoms with Crippen LogP contribution in [0.5, 0.6) is 5.75 Å². The molecule has 0 aromatic heterocycles. The second-order valence-corrected chi connectivity index (χ2v) is 5.86. The SMILES string of the molecule is CNC(Cc1ccc(F)cc1C)c1cc(OC)ccc1Br. The van der Waals surface area contributed by atoms with Crippen LogP contribution in [0, 0.1) is 12.7 Å². The second kappa shape index (κ2) is 7.05. The summed E-state index contributed by atoms with van der Waals surface area (Å²) in [6.45, 7) is 1.94. The standard InChI is InChI=1S/C17H19BrFNO/c1-11-8-13(19)5-4-12(11)9-17(20-2)15-10-14(21-3)6-7-16(15)18/h4-8,10,17,20H,9H2,1-3H3. The quantitative estimate of drug-likeness (QED) is 0.861. The molecule has 112 valence electrons. The van der Waals surface area contributed by atoms with Crippen molar-refractivity contribution >= 4 is 15.9 Å². The minimum absolute atomic E-state index is 0.124. The van der Waals surface area contributed by atoms with E-state index in [9.17, 15) is 4.39 Å². The highest BCUT2D eigenvalue weighted by Gasteiger charge is 2.15. The fourth-order valence-electron chi connectivity index (χ4n) is 2.39. The van der Waals surface area contributed by atoms with Gasteiger partial charge in [-0.15, -0.1) is 0 Å². The molecule has 0 aliphatic carbocycles. The molecule has 0 heterocycles. The highest BCUT2D eigenvalue weighted by molar-refractivity contribution is 9.10. The second-order valence-electron chi connectivity index (χ2n) is 5.00. The van der Waals surface area contributed by atoms with Crippen molar-refractivity contribution in [1.29, 1.82) is 0 Å². The van der Waals surface area contributed by atoms with E-state index in [-0.39, 0.29) is 11.9 Å². The monoisotopic (exact) mass is 351 g/mol. The number of benzene rings is 2. The lowest BCUT2D eigenvalue weighted by molar-refractivity contribution is 0.413. The summed E-state index contributed by atoms with van der Waals surface area (Å²) in [7, 11) is 3.58. The van der Waals surface area contributed by atoms with Crippen molar-refractivity contribution < 1.29 is 9.13 Å². The molecule has 0 saturated carbocycles. The molecule has 0 aliphatic rings. The summed E-state index contributed by atoms with van der Waals surface area (Å²) in [5.41, 5.74) is 3.22. The molecule has 0 spiro atoms. The molecule has 2 aromatic carbocycles. The molecule has 1 atom stereocenters. The van der Waals surface area contributed by atoms with E-state index in [2.05, 4.69) is 21.2 Å². The van der Waals surface area contributed by atoms with Crippen LogP contribution in [-0.4, -0.2) is 14.2 Å². The van der Waals surface area contributed by atoms with Gasteiger partial charge in [-0.2, -0.15) is 0 Å². The highest BCUT2D eigenvalue weighted by atomic mass is 79.9. The first-order valence-electron chi connectivity index (χ1n) is 6.81. The summed E-state index contributed by atoms with van der Waals surface area (Å²) in [5, 5.41) is 3.32. The largest absolute Gasteiger partial charge is 0.497 e. The Bertz CT molecular complexity index is 630. The zero-order valence-corrected chi connectivity index (χ0v) is 14.0. The van der Waals surface area contributed by atoms with Crippen LogP contribution in [0.4, 0.5) is 4.39 Å². The van der Waals surface area contributed by atoms with Crippen LogP contribution in [-0.2, 0) is 6.42 Å². The average molecular weight is 352 g/mol. The van der Waals surface area contributed by atoms with Crippen molar-refractivity contribution in [3.05, 3.63) is 63.4 Å². The van der Waals surface area contributed by atoms with E-state index in [0.29, 0.717) is 0 Å². The first-order valence-corrected chi connectivity index (χ1v) is 7.60. The molecule has 21 heavy (non-hydrogen) atoms. The van der Waals surface area contributed by atoms with Gasteiger partial charge in [0, 0.05) is 10.5 Å². The van der Waals surface area contributed by atoms with Crippen molar-refractivity contribution in [2.24, 2.45) is 0 Å². The van der Waals surface area contributed by atoms with Gasteiger partial charge < -0.3 is 10.1 Å². The third kappa shape index (κ3) is 3.83. The van der Waals surface area contributed by atoms with Crippen LogP contribution in [0.15, 0.2) is 40.9 Å². The molecule has 0 fully saturated rings. The number of halogens is 2. The zero-order valence-electron chi connectivity index (χ0n) is 12.4. The van der Waals surface area contributed by atoms with Gasteiger partial charge in [0.1, 0.15) is 11.6 Å². The molecule has 4 heteroatoms. The van der Waals surface area contributed by atoms with E-state index in [4.69, 9.17) is 4.74 Å². The minimum Gasteiger partial charge on any atom is -0.497 e. The average Bonchev–Trinajstić information content (AvgIpc) is 2.47. The summed E-state index contributed by atoms with van der Waals surface area (Å²) in [4.78, 5) is 0. The molecule has 0 saturated heterocycles. The van der Waals surface area contributed by atoms with Crippen LogP contribution < -0.4 is 10.1 Å². The zero-order chi connectivity index (χ0) is 15.4. The molecular weight excluding hydrogens is 333 g/mol. The highest BCUT2D eigenvalue weighted by Crippen LogP contribution is 2.30. The van der Waals surface area contributed by atoms with Gasteiger partial charge >= 0.3 is 0 Å². The first-order chi connectivity index (χ1) is 10.0. The molecule has 1 N–H and O–H groups in total. The van der Waals surface area contributed by atoms with Crippen molar-refractivity contribution in [2.45, 2.75) is 19.4 Å². The molecule has 2 aromatic rings. The maximum absolute atomic E-state index is 13.2. The Labute approximate surface area is 133 Å². The predicted octanol–water partition coefficient (Wildman–Crippen LogP) is 4.41. The molecule has 0 amide bonds. The number of hydrogen-bond acceptors (Lipinski definition) is 2. The number of methoxy groups -OCH3 is 1. The van der Waals surface area contributed by atoms with Crippen LogP contribution >= 0.6 is 15.9 Å². The van der Waals surface area contributed by atoms with Gasteiger partial charge in [0.15, 0.2) is 0 Å². The van der Waals surface area contributed by atoms with Gasteiger partial charge in [-0.25, -0.2) is 4.39 Å².